The van der Waals surface area contributed by atoms with Gasteiger partial charge in [-0.15, -0.1) is 11.6 Å². The van der Waals surface area contributed by atoms with Crippen LogP contribution in [0.25, 0.3) is 0 Å². The van der Waals surface area contributed by atoms with Gasteiger partial charge in [0.15, 0.2) is 0 Å². The van der Waals surface area contributed by atoms with Crippen molar-refractivity contribution < 1.29 is 4.74 Å². The summed E-state index contributed by atoms with van der Waals surface area (Å²) in [5.74, 6) is 1.34. The summed E-state index contributed by atoms with van der Waals surface area (Å²) in [6, 6.07) is 10.5. The van der Waals surface area contributed by atoms with E-state index in [1.807, 2.05) is 13.0 Å². The first-order valence-corrected chi connectivity index (χ1v) is 7.88. The van der Waals surface area contributed by atoms with Gasteiger partial charge < -0.3 is 4.74 Å². The van der Waals surface area contributed by atoms with Crippen LogP contribution in [0.15, 0.2) is 34.8 Å². The van der Waals surface area contributed by atoms with Crippen molar-refractivity contribution in [3.63, 3.8) is 0 Å². The minimum atomic E-state index is 0.447. The molecule has 0 aliphatic carbocycles. The Morgan fingerprint density at radius 1 is 1.00 bits per heavy atom. The van der Waals surface area contributed by atoms with E-state index in [1.165, 1.54) is 16.7 Å². The molecule has 0 aliphatic heterocycles. The van der Waals surface area contributed by atoms with Gasteiger partial charge in [-0.2, -0.15) is 0 Å². The molecule has 0 radical (unpaired) electrons. The van der Waals surface area contributed by atoms with Crippen molar-refractivity contribution in [3.05, 3.63) is 62.6 Å². The zero-order valence-electron chi connectivity index (χ0n) is 12.0. The van der Waals surface area contributed by atoms with Crippen LogP contribution >= 0.6 is 27.5 Å². The van der Waals surface area contributed by atoms with Gasteiger partial charge in [-0.05, 0) is 49.6 Å². The van der Waals surface area contributed by atoms with E-state index in [0.29, 0.717) is 12.5 Å². The fraction of sp³-hybridized carbons (Fsp3) is 0.294. The first-order valence-electron chi connectivity index (χ1n) is 6.55. The van der Waals surface area contributed by atoms with E-state index in [0.717, 1.165) is 21.3 Å². The number of benzene rings is 2. The number of rotatable bonds is 4. The molecule has 0 bridgehead atoms. The van der Waals surface area contributed by atoms with Gasteiger partial charge >= 0.3 is 0 Å². The van der Waals surface area contributed by atoms with Gasteiger partial charge in [0.05, 0.1) is 5.88 Å². The molecule has 2 aromatic rings. The summed E-state index contributed by atoms with van der Waals surface area (Å²) in [7, 11) is 0. The summed E-state index contributed by atoms with van der Waals surface area (Å²) in [6.07, 6.45) is 0. The number of hydrogen-bond acceptors (Lipinski definition) is 1. The standard InChI is InChI=1S/C17H18BrClO/c1-11-4-5-12(2)15(6-11)10-20-17-13(3)7-16(18)8-14(17)9-19/h4-8H,9-10H2,1-3H3. The van der Waals surface area contributed by atoms with Gasteiger partial charge in [0.1, 0.15) is 12.4 Å². The first kappa shape index (κ1) is 15.4. The Labute approximate surface area is 134 Å². The number of ether oxygens (including phenoxy) is 1. The summed E-state index contributed by atoms with van der Waals surface area (Å²) < 4.78 is 7.06. The molecule has 0 N–H and O–H groups in total. The largest absolute Gasteiger partial charge is 0.488 e. The van der Waals surface area contributed by atoms with E-state index in [4.69, 9.17) is 16.3 Å². The summed E-state index contributed by atoms with van der Waals surface area (Å²) in [5.41, 5.74) is 5.83. The highest BCUT2D eigenvalue weighted by molar-refractivity contribution is 9.10. The lowest BCUT2D eigenvalue weighted by molar-refractivity contribution is 0.301. The van der Waals surface area contributed by atoms with Gasteiger partial charge in [0.25, 0.3) is 0 Å². The predicted octanol–water partition coefficient (Wildman–Crippen LogP) is 5.69. The second-order valence-electron chi connectivity index (χ2n) is 5.06. The fourth-order valence-electron chi connectivity index (χ4n) is 2.21. The molecule has 0 atom stereocenters. The monoisotopic (exact) mass is 352 g/mol. The molecule has 2 rings (SSSR count). The molecule has 0 saturated heterocycles. The number of hydrogen-bond donors (Lipinski definition) is 0. The van der Waals surface area contributed by atoms with E-state index >= 15 is 0 Å². The van der Waals surface area contributed by atoms with Crippen molar-refractivity contribution in [1.29, 1.82) is 0 Å². The third-order valence-electron chi connectivity index (χ3n) is 3.34. The molecule has 0 amide bonds. The van der Waals surface area contributed by atoms with E-state index in [9.17, 15) is 0 Å². The molecule has 20 heavy (non-hydrogen) atoms. The van der Waals surface area contributed by atoms with Crippen molar-refractivity contribution in [2.45, 2.75) is 33.3 Å². The lowest BCUT2D eigenvalue weighted by atomic mass is 10.1. The van der Waals surface area contributed by atoms with Crippen LogP contribution in [-0.4, -0.2) is 0 Å². The van der Waals surface area contributed by atoms with Gasteiger partial charge in [0.2, 0.25) is 0 Å². The maximum atomic E-state index is 6.03. The Morgan fingerprint density at radius 3 is 2.45 bits per heavy atom. The maximum absolute atomic E-state index is 6.03. The van der Waals surface area contributed by atoms with Gasteiger partial charge in [-0.3, -0.25) is 0 Å². The Bertz CT molecular complexity index is 623. The first-order chi connectivity index (χ1) is 9.51. The smallest absolute Gasteiger partial charge is 0.127 e. The number of aryl methyl sites for hydroxylation is 3. The van der Waals surface area contributed by atoms with Crippen LogP contribution in [0.1, 0.15) is 27.8 Å². The molecule has 0 heterocycles. The Kier molecular flexibility index (Phi) is 5.11. The normalized spacial score (nSPS) is 10.7. The van der Waals surface area contributed by atoms with Crippen LogP contribution in [0.4, 0.5) is 0 Å². The molecule has 1 nitrogen and oxygen atoms in total. The van der Waals surface area contributed by atoms with Crippen LogP contribution < -0.4 is 4.74 Å². The molecule has 106 valence electrons. The summed E-state index contributed by atoms with van der Waals surface area (Å²) in [5, 5.41) is 0. The van der Waals surface area contributed by atoms with E-state index < -0.39 is 0 Å². The number of alkyl halides is 1. The van der Waals surface area contributed by atoms with Crippen molar-refractivity contribution in [2.24, 2.45) is 0 Å². The third-order valence-corrected chi connectivity index (χ3v) is 4.08. The van der Waals surface area contributed by atoms with E-state index in [1.54, 1.807) is 0 Å². The minimum Gasteiger partial charge on any atom is -0.488 e. The van der Waals surface area contributed by atoms with Crippen molar-refractivity contribution in [2.75, 3.05) is 0 Å². The van der Waals surface area contributed by atoms with Crippen molar-refractivity contribution in [1.82, 2.24) is 0 Å². The molecule has 0 aromatic heterocycles. The molecule has 0 saturated carbocycles. The Hall–Kier alpha value is -0.990. The Morgan fingerprint density at radius 2 is 1.75 bits per heavy atom. The van der Waals surface area contributed by atoms with E-state index in [-0.39, 0.29) is 0 Å². The van der Waals surface area contributed by atoms with Gasteiger partial charge in [-0.25, -0.2) is 0 Å². The lowest BCUT2D eigenvalue weighted by Crippen LogP contribution is -2.02. The molecule has 0 fully saturated rings. The zero-order valence-corrected chi connectivity index (χ0v) is 14.3. The van der Waals surface area contributed by atoms with Gasteiger partial charge in [0, 0.05) is 10.0 Å². The molecule has 2 aromatic carbocycles. The molecule has 0 aliphatic rings. The van der Waals surface area contributed by atoms with Crippen LogP contribution in [0.2, 0.25) is 0 Å². The second-order valence-corrected chi connectivity index (χ2v) is 6.25. The topological polar surface area (TPSA) is 9.23 Å². The van der Waals surface area contributed by atoms with Crippen LogP contribution in [0.5, 0.6) is 5.75 Å². The highest BCUT2D eigenvalue weighted by Gasteiger charge is 2.09. The molecule has 0 unspecified atom stereocenters. The maximum Gasteiger partial charge on any atom is 0.127 e. The average Bonchev–Trinajstić information content (AvgIpc) is 2.40. The van der Waals surface area contributed by atoms with Crippen LogP contribution in [0, 0.1) is 20.8 Å². The Balaban J connectivity index is 2.25. The summed E-state index contributed by atoms with van der Waals surface area (Å²) in [6.45, 7) is 6.81. The lowest BCUT2D eigenvalue weighted by Gasteiger charge is -2.15. The predicted molar refractivity (Wildman–Crippen MR) is 88.7 cm³/mol. The molecule has 3 heteroatoms. The SMILES string of the molecule is Cc1ccc(C)c(COc2c(C)cc(Br)cc2CCl)c1. The van der Waals surface area contributed by atoms with Crippen molar-refractivity contribution >= 4 is 27.5 Å². The zero-order chi connectivity index (χ0) is 14.7. The fourth-order valence-corrected chi connectivity index (χ4v) is 3.03. The van der Waals surface area contributed by atoms with E-state index in [2.05, 4.69) is 54.0 Å². The third kappa shape index (κ3) is 3.56. The second kappa shape index (κ2) is 6.64. The molecule has 0 spiro atoms. The highest BCUT2D eigenvalue weighted by Crippen LogP contribution is 2.30. The summed E-state index contributed by atoms with van der Waals surface area (Å²) >= 11 is 9.50. The number of halogens is 2. The highest BCUT2D eigenvalue weighted by atomic mass is 79.9. The van der Waals surface area contributed by atoms with Crippen molar-refractivity contribution in [3.8, 4) is 5.75 Å². The van der Waals surface area contributed by atoms with Gasteiger partial charge in [-0.1, -0.05) is 39.7 Å². The van der Waals surface area contributed by atoms with Crippen LogP contribution in [-0.2, 0) is 12.5 Å². The van der Waals surface area contributed by atoms with Crippen LogP contribution in [0.3, 0.4) is 0 Å². The summed E-state index contributed by atoms with van der Waals surface area (Å²) in [4.78, 5) is 0. The minimum absolute atomic E-state index is 0.447. The molecular formula is C17H18BrClO. The average molecular weight is 354 g/mol. The molecular weight excluding hydrogens is 336 g/mol. The quantitative estimate of drug-likeness (QED) is 0.641.